The molecule has 130 valence electrons. The van der Waals surface area contributed by atoms with Crippen LogP contribution in [-0.2, 0) is 0 Å². The van der Waals surface area contributed by atoms with Crippen molar-refractivity contribution in [3.8, 4) is 0 Å². The summed E-state index contributed by atoms with van der Waals surface area (Å²) in [6.45, 7) is 4.01. The van der Waals surface area contributed by atoms with Crippen LogP contribution in [0.15, 0.2) is 58.6 Å². The minimum absolute atomic E-state index is 0.669. The lowest BCUT2D eigenvalue weighted by molar-refractivity contribution is 1.000. The summed E-state index contributed by atoms with van der Waals surface area (Å²) in [6.07, 6.45) is 0. The molecule has 4 aromatic rings. The second kappa shape index (κ2) is 6.68. The molecule has 2 aromatic heterocycles. The Labute approximate surface area is 155 Å². The summed E-state index contributed by atoms with van der Waals surface area (Å²) < 4.78 is 0. The molecule has 0 aliphatic rings. The van der Waals surface area contributed by atoms with Gasteiger partial charge in [-0.25, -0.2) is 9.97 Å². The van der Waals surface area contributed by atoms with Crippen LogP contribution in [0.4, 0.5) is 17.3 Å². The Kier molecular flexibility index (Phi) is 4.22. The lowest BCUT2D eigenvalue weighted by Crippen LogP contribution is -1.99. The summed E-state index contributed by atoms with van der Waals surface area (Å²) in [5.41, 5.74) is 9.53. The minimum Gasteiger partial charge on any atom is -0.399 e. The smallest absolute Gasteiger partial charge is 0.195 e. The lowest BCUT2D eigenvalue weighted by Gasteiger charge is -2.10. The van der Waals surface area contributed by atoms with E-state index in [1.54, 1.807) is 0 Å². The van der Waals surface area contributed by atoms with Crippen LogP contribution in [0.25, 0.3) is 10.9 Å². The minimum atomic E-state index is 0.669. The molecule has 4 N–H and O–H groups in total. The van der Waals surface area contributed by atoms with E-state index in [2.05, 4.69) is 34.6 Å². The van der Waals surface area contributed by atoms with E-state index in [-0.39, 0.29) is 0 Å². The van der Waals surface area contributed by atoms with Crippen molar-refractivity contribution in [2.45, 2.75) is 23.9 Å². The third-order valence-electron chi connectivity index (χ3n) is 3.87. The van der Waals surface area contributed by atoms with E-state index in [0.29, 0.717) is 5.16 Å². The Balaban J connectivity index is 1.76. The number of aromatic amines is 1. The van der Waals surface area contributed by atoms with E-state index < -0.39 is 0 Å². The fourth-order valence-electron chi connectivity index (χ4n) is 2.60. The quantitative estimate of drug-likeness (QED) is 0.367. The molecule has 0 saturated heterocycles. The second-order valence-corrected chi connectivity index (χ2v) is 7.15. The molecule has 4 rings (SSSR count). The van der Waals surface area contributed by atoms with E-state index in [1.165, 1.54) is 11.8 Å². The highest BCUT2D eigenvalue weighted by molar-refractivity contribution is 7.99. The van der Waals surface area contributed by atoms with Crippen LogP contribution in [0.2, 0.25) is 0 Å². The third-order valence-corrected chi connectivity index (χ3v) is 4.75. The molecule has 26 heavy (non-hydrogen) atoms. The lowest BCUT2D eigenvalue weighted by atomic mass is 10.1. The highest BCUT2D eigenvalue weighted by atomic mass is 32.2. The molecular weight excluding hydrogens is 344 g/mol. The highest BCUT2D eigenvalue weighted by Gasteiger charge is 2.11. The molecule has 0 saturated carbocycles. The van der Waals surface area contributed by atoms with Gasteiger partial charge in [-0.1, -0.05) is 6.07 Å². The van der Waals surface area contributed by atoms with E-state index >= 15 is 0 Å². The molecule has 6 nitrogen and oxygen atoms in total. The average Bonchev–Trinajstić information content (AvgIpc) is 3.01. The summed E-state index contributed by atoms with van der Waals surface area (Å²) in [5, 5.41) is 12.1. The summed E-state index contributed by atoms with van der Waals surface area (Å²) >= 11 is 1.50. The fraction of sp³-hybridized carbons (Fsp3) is 0.105. The molecule has 0 amide bonds. The zero-order valence-electron chi connectivity index (χ0n) is 14.4. The number of anilines is 3. The van der Waals surface area contributed by atoms with Crippen LogP contribution in [0.1, 0.15) is 11.3 Å². The first kappa shape index (κ1) is 16.4. The Morgan fingerprint density at radius 3 is 2.54 bits per heavy atom. The largest absolute Gasteiger partial charge is 0.399 e. The van der Waals surface area contributed by atoms with Gasteiger partial charge in [0, 0.05) is 27.7 Å². The molecule has 0 unspecified atom stereocenters. The van der Waals surface area contributed by atoms with Crippen molar-refractivity contribution in [2.75, 3.05) is 11.1 Å². The molecular formula is C19H18N6S. The molecule has 2 aromatic carbocycles. The maximum atomic E-state index is 5.76. The molecule has 0 radical (unpaired) electrons. The van der Waals surface area contributed by atoms with Crippen LogP contribution in [0.3, 0.4) is 0 Å². The van der Waals surface area contributed by atoms with Gasteiger partial charge in [-0.2, -0.15) is 5.10 Å². The van der Waals surface area contributed by atoms with Crippen LogP contribution >= 0.6 is 11.8 Å². The Morgan fingerprint density at radius 1 is 1.00 bits per heavy atom. The number of H-pyrrole nitrogens is 1. The number of rotatable bonds is 4. The van der Waals surface area contributed by atoms with Gasteiger partial charge in [0.1, 0.15) is 5.82 Å². The number of aryl methyl sites for hydroxylation is 2. The van der Waals surface area contributed by atoms with Crippen molar-refractivity contribution in [2.24, 2.45) is 0 Å². The van der Waals surface area contributed by atoms with Gasteiger partial charge in [0.25, 0.3) is 0 Å². The maximum absolute atomic E-state index is 5.76. The predicted molar refractivity (Wildman–Crippen MR) is 106 cm³/mol. The van der Waals surface area contributed by atoms with Crippen molar-refractivity contribution in [1.82, 2.24) is 20.2 Å². The van der Waals surface area contributed by atoms with E-state index in [1.807, 2.05) is 43.3 Å². The fourth-order valence-corrected chi connectivity index (χ4v) is 3.37. The summed E-state index contributed by atoms with van der Waals surface area (Å²) in [6, 6.07) is 15.8. The van der Waals surface area contributed by atoms with Gasteiger partial charge in [0.15, 0.2) is 11.0 Å². The molecule has 0 bridgehead atoms. The monoisotopic (exact) mass is 362 g/mol. The van der Waals surface area contributed by atoms with Crippen molar-refractivity contribution >= 4 is 40.0 Å². The summed E-state index contributed by atoms with van der Waals surface area (Å²) in [4.78, 5) is 10.5. The molecule has 0 fully saturated rings. The van der Waals surface area contributed by atoms with Crippen LogP contribution in [0.5, 0.6) is 0 Å². The van der Waals surface area contributed by atoms with Crippen molar-refractivity contribution in [1.29, 1.82) is 0 Å². The summed E-state index contributed by atoms with van der Waals surface area (Å²) in [5.74, 6) is 1.46. The SMILES string of the molecule is Cc1ccc2c(Nc3cc(C)[nH]n3)nc(Sc3ccc(N)cc3)nc2c1. The van der Waals surface area contributed by atoms with Crippen molar-refractivity contribution < 1.29 is 0 Å². The first-order valence-electron chi connectivity index (χ1n) is 8.18. The Bertz CT molecular complexity index is 1070. The van der Waals surface area contributed by atoms with E-state index in [0.717, 1.165) is 44.4 Å². The Hall–Kier alpha value is -3.06. The van der Waals surface area contributed by atoms with Crippen LogP contribution < -0.4 is 11.1 Å². The standard InChI is InChI=1S/C19H18N6S/c1-11-3-8-15-16(9-11)21-19(26-14-6-4-13(20)5-7-14)23-18(15)22-17-10-12(2)24-25-17/h3-10H,20H2,1-2H3,(H2,21,22,23,24,25). The highest BCUT2D eigenvalue weighted by Crippen LogP contribution is 2.31. The number of hydrogen-bond donors (Lipinski definition) is 3. The van der Waals surface area contributed by atoms with E-state index in [4.69, 9.17) is 15.7 Å². The van der Waals surface area contributed by atoms with Gasteiger partial charge in [0.05, 0.1) is 5.52 Å². The number of hydrogen-bond acceptors (Lipinski definition) is 6. The van der Waals surface area contributed by atoms with E-state index in [9.17, 15) is 0 Å². The number of nitrogens with two attached hydrogens (primary N) is 1. The number of nitrogens with one attached hydrogen (secondary N) is 2. The second-order valence-electron chi connectivity index (χ2n) is 6.11. The number of benzene rings is 2. The van der Waals surface area contributed by atoms with Crippen molar-refractivity contribution in [3.05, 3.63) is 59.8 Å². The average molecular weight is 362 g/mol. The number of aromatic nitrogens is 4. The Morgan fingerprint density at radius 2 is 1.81 bits per heavy atom. The molecule has 0 spiro atoms. The topological polar surface area (TPSA) is 92.5 Å². The number of nitrogens with zero attached hydrogens (tertiary/aromatic N) is 3. The zero-order valence-corrected chi connectivity index (χ0v) is 15.3. The van der Waals surface area contributed by atoms with Gasteiger partial charge in [-0.3, -0.25) is 5.10 Å². The normalized spacial score (nSPS) is 11.0. The first-order valence-corrected chi connectivity index (χ1v) is 8.99. The first-order chi connectivity index (χ1) is 12.6. The van der Waals surface area contributed by atoms with Gasteiger partial charge >= 0.3 is 0 Å². The predicted octanol–water partition coefficient (Wildman–Crippen LogP) is 4.45. The van der Waals surface area contributed by atoms with Crippen LogP contribution in [-0.4, -0.2) is 20.2 Å². The number of nitrogen functional groups attached to an aromatic ring is 1. The zero-order chi connectivity index (χ0) is 18.1. The van der Waals surface area contributed by atoms with Gasteiger partial charge < -0.3 is 11.1 Å². The van der Waals surface area contributed by atoms with Crippen molar-refractivity contribution in [3.63, 3.8) is 0 Å². The molecule has 0 aliphatic carbocycles. The summed E-state index contributed by atoms with van der Waals surface area (Å²) in [7, 11) is 0. The third kappa shape index (κ3) is 3.48. The molecule has 0 atom stereocenters. The maximum Gasteiger partial charge on any atom is 0.195 e. The molecule has 0 aliphatic heterocycles. The number of fused-ring (bicyclic) bond motifs is 1. The van der Waals surface area contributed by atoms with Gasteiger partial charge in [-0.15, -0.1) is 0 Å². The van der Waals surface area contributed by atoms with Gasteiger partial charge in [-0.05, 0) is 67.6 Å². The molecule has 2 heterocycles. The molecule has 7 heteroatoms. The van der Waals surface area contributed by atoms with Gasteiger partial charge in [0.2, 0.25) is 0 Å². The van der Waals surface area contributed by atoms with Crippen LogP contribution in [0, 0.1) is 13.8 Å².